The zero-order valence-corrected chi connectivity index (χ0v) is 15.4. The van der Waals surface area contributed by atoms with Crippen LogP contribution in [0.3, 0.4) is 0 Å². The number of hydrogen-bond donors (Lipinski definition) is 1. The minimum atomic E-state index is -2.89. The highest BCUT2D eigenvalue weighted by Gasteiger charge is 2.30. The van der Waals surface area contributed by atoms with Crippen molar-refractivity contribution in [3.05, 3.63) is 0 Å². The standard InChI is InChI=1S/C17H35NO2S/c1-13(2)11-18-12-17-7-6-15(5)10-16(17)8-9-21(19,20)14(3)4/h13-18H,6-12H2,1-5H3. The Bertz CT molecular complexity index is 390. The molecule has 1 N–H and O–H groups in total. The van der Waals surface area contributed by atoms with E-state index in [-0.39, 0.29) is 5.25 Å². The van der Waals surface area contributed by atoms with Gasteiger partial charge in [0.05, 0.1) is 11.0 Å². The van der Waals surface area contributed by atoms with Gasteiger partial charge >= 0.3 is 0 Å². The fourth-order valence-electron chi connectivity index (χ4n) is 3.29. The first kappa shape index (κ1) is 19.0. The summed E-state index contributed by atoms with van der Waals surface area (Å²) in [5.74, 6) is 3.01. The molecule has 0 amide bonds. The van der Waals surface area contributed by atoms with Crippen LogP contribution in [0.4, 0.5) is 0 Å². The van der Waals surface area contributed by atoms with E-state index >= 15 is 0 Å². The molecule has 0 aromatic rings. The second kappa shape index (κ2) is 8.52. The Morgan fingerprint density at radius 1 is 1.10 bits per heavy atom. The summed E-state index contributed by atoms with van der Waals surface area (Å²) in [6, 6.07) is 0. The zero-order chi connectivity index (χ0) is 16.0. The highest BCUT2D eigenvalue weighted by molar-refractivity contribution is 7.91. The molecule has 126 valence electrons. The molecule has 1 saturated carbocycles. The van der Waals surface area contributed by atoms with Crippen LogP contribution in [-0.4, -0.2) is 32.5 Å². The maximum atomic E-state index is 12.0. The summed E-state index contributed by atoms with van der Waals surface area (Å²) < 4.78 is 24.1. The summed E-state index contributed by atoms with van der Waals surface area (Å²) in [5, 5.41) is 3.33. The maximum absolute atomic E-state index is 12.0. The first-order chi connectivity index (χ1) is 9.72. The summed E-state index contributed by atoms with van der Waals surface area (Å²) >= 11 is 0. The first-order valence-electron chi connectivity index (χ1n) is 8.64. The number of sulfone groups is 1. The second-order valence-corrected chi connectivity index (χ2v) is 10.4. The lowest BCUT2D eigenvalue weighted by molar-refractivity contribution is 0.179. The first-order valence-corrected chi connectivity index (χ1v) is 10.4. The third-order valence-electron chi connectivity index (χ3n) is 4.85. The van der Waals surface area contributed by atoms with Crippen LogP contribution in [0.25, 0.3) is 0 Å². The molecule has 0 aliphatic heterocycles. The summed E-state index contributed by atoms with van der Waals surface area (Å²) in [6.45, 7) is 12.5. The van der Waals surface area contributed by atoms with Crippen LogP contribution in [0.5, 0.6) is 0 Å². The molecule has 3 atom stereocenters. The van der Waals surface area contributed by atoms with Crippen molar-refractivity contribution in [3.8, 4) is 0 Å². The van der Waals surface area contributed by atoms with Gasteiger partial charge in [0.25, 0.3) is 0 Å². The molecule has 0 radical (unpaired) electrons. The van der Waals surface area contributed by atoms with E-state index in [4.69, 9.17) is 0 Å². The number of nitrogens with one attached hydrogen (secondary N) is 1. The molecule has 3 nitrogen and oxygen atoms in total. The van der Waals surface area contributed by atoms with E-state index in [1.165, 1.54) is 19.3 Å². The highest BCUT2D eigenvalue weighted by Crippen LogP contribution is 2.35. The molecule has 3 unspecified atom stereocenters. The topological polar surface area (TPSA) is 46.2 Å². The van der Waals surface area contributed by atoms with Crippen LogP contribution < -0.4 is 5.32 Å². The summed E-state index contributed by atoms with van der Waals surface area (Å²) in [7, 11) is -2.89. The minimum absolute atomic E-state index is 0.240. The van der Waals surface area contributed by atoms with Gasteiger partial charge in [0.1, 0.15) is 0 Å². The molecule has 1 aliphatic carbocycles. The van der Waals surface area contributed by atoms with Crippen molar-refractivity contribution in [2.24, 2.45) is 23.7 Å². The number of hydrogen-bond acceptors (Lipinski definition) is 3. The molecule has 4 heteroatoms. The van der Waals surface area contributed by atoms with Gasteiger partial charge in [-0.2, -0.15) is 0 Å². The molecule has 1 fully saturated rings. The van der Waals surface area contributed by atoms with Crippen LogP contribution >= 0.6 is 0 Å². The van der Waals surface area contributed by atoms with Crippen molar-refractivity contribution in [2.75, 3.05) is 18.8 Å². The van der Waals surface area contributed by atoms with Crippen LogP contribution in [0.15, 0.2) is 0 Å². The van der Waals surface area contributed by atoms with Crippen LogP contribution in [0, 0.1) is 23.7 Å². The largest absolute Gasteiger partial charge is 0.316 e. The van der Waals surface area contributed by atoms with E-state index in [1.54, 1.807) is 13.8 Å². The average Bonchev–Trinajstić information content (AvgIpc) is 2.38. The van der Waals surface area contributed by atoms with E-state index in [0.717, 1.165) is 25.4 Å². The lowest BCUT2D eigenvalue weighted by Crippen LogP contribution is -2.35. The average molecular weight is 318 g/mol. The van der Waals surface area contributed by atoms with E-state index < -0.39 is 9.84 Å². The Morgan fingerprint density at radius 2 is 1.76 bits per heavy atom. The van der Waals surface area contributed by atoms with Crippen molar-refractivity contribution < 1.29 is 8.42 Å². The second-order valence-electron chi connectivity index (χ2n) is 7.69. The van der Waals surface area contributed by atoms with Gasteiger partial charge in [-0.15, -0.1) is 0 Å². The van der Waals surface area contributed by atoms with Gasteiger partial charge < -0.3 is 5.32 Å². The molecule has 21 heavy (non-hydrogen) atoms. The van der Waals surface area contributed by atoms with Crippen LogP contribution in [0.1, 0.15) is 60.3 Å². The molecule has 0 saturated heterocycles. The molecule has 0 spiro atoms. The normalized spacial score (nSPS) is 27.5. The molecule has 1 rings (SSSR count). The van der Waals surface area contributed by atoms with Crippen molar-refractivity contribution >= 4 is 9.84 Å². The van der Waals surface area contributed by atoms with Crippen LogP contribution in [0.2, 0.25) is 0 Å². The lowest BCUT2D eigenvalue weighted by Gasteiger charge is -2.35. The molecule has 0 aromatic carbocycles. The zero-order valence-electron chi connectivity index (χ0n) is 14.6. The summed E-state index contributed by atoms with van der Waals surface area (Å²) in [4.78, 5) is 0. The Hall–Kier alpha value is -0.0900. The Morgan fingerprint density at radius 3 is 2.33 bits per heavy atom. The van der Waals surface area contributed by atoms with Crippen LogP contribution in [-0.2, 0) is 9.84 Å². The van der Waals surface area contributed by atoms with Gasteiger partial charge in [-0.1, -0.05) is 27.2 Å². The fourth-order valence-corrected chi connectivity index (χ4v) is 4.40. The summed E-state index contributed by atoms with van der Waals surface area (Å²) in [6.07, 6.45) is 4.58. The fraction of sp³-hybridized carbons (Fsp3) is 1.00. The molecule has 0 bridgehead atoms. The predicted octanol–water partition coefficient (Wildman–Crippen LogP) is 3.50. The monoisotopic (exact) mass is 317 g/mol. The lowest BCUT2D eigenvalue weighted by atomic mass is 9.73. The molecule has 0 heterocycles. The predicted molar refractivity (Wildman–Crippen MR) is 91.2 cm³/mol. The Balaban J connectivity index is 2.52. The highest BCUT2D eigenvalue weighted by atomic mass is 32.2. The van der Waals surface area contributed by atoms with E-state index in [9.17, 15) is 8.42 Å². The van der Waals surface area contributed by atoms with Crippen molar-refractivity contribution in [2.45, 2.75) is 65.6 Å². The van der Waals surface area contributed by atoms with Gasteiger partial charge in [-0.25, -0.2) is 8.42 Å². The number of rotatable bonds is 8. The van der Waals surface area contributed by atoms with Crippen molar-refractivity contribution in [1.29, 1.82) is 0 Å². The van der Waals surface area contributed by atoms with Gasteiger partial charge in [0, 0.05) is 0 Å². The Labute approximate surface area is 132 Å². The van der Waals surface area contributed by atoms with Gasteiger partial charge in [0.2, 0.25) is 0 Å². The van der Waals surface area contributed by atoms with Gasteiger partial charge in [0.15, 0.2) is 9.84 Å². The smallest absolute Gasteiger partial charge is 0.152 e. The third kappa shape index (κ3) is 6.68. The summed E-state index contributed by atoms with van der Waals surface area (Å²) in [5.41, 5.74) is 0. The molecule has 1 aliphatic rings. The molecular formula is C17H35NO2S. The van der Waals surface area contributed by atoms with Gasteiger partial charge in [-0.3, -0.25) is 0 Å². The maximum Gasteiger partial charge on any atom is 0.152 e. The third-order valence-corrected chi connectivity index (χ3v) is 7.09. The van der Waals surface area contributed by atoms with Gasteiger partial charge in [-0.05, 0) is 69.9 Å². The van der Waals surface area contributed by atoms with E-state index in [0.29, 0.717) is 23.5 Å². The quantitative estimate of drug-likeness (QED) is 0.745. The Kier molecular flexibility index (Phi) is 7.69. The van der Waals surface area contributed by atoms with E-state index in [1.807, 2.05) is 0 Å². The minimum Gasteiger partial charge on any atom is -0.316 e. The van der Waals surface area contributed by atoms with E-state index in [2.05, 4.69) is 26.1 Å². The SMILES string of the molecule is CC(C)CNCC1CCC(C)CC1CCS(=O)(=O)C(C)C. The molecule has 0 aromatic heterocycles. The van der Waals surface area contributed by atoms with Crippen molar-refractivity contribution in [1.82, 2.24) is 5.32 Å². The molecular weight excluding hydrogens is 282 g/mol. The van der Waals surface area contributed by atoms with Crippen molar-refractivity contribution in [3.63, 3.8) is 0 Å².